The van der Waals surface area contributed by atoms with Gasteiger partial charge < -0.3 is 0 Å². The van der Waals surface area contributed by atoms with Gasteiger partial charge in [-0.05, 0) is 30.6 Å². The maximum atomic E-state index is 2.49. The maximum Gasteiger partial charge on any atom is -0.0388 e. The Bertz CT molecular complexity index is 135. The van der Waals surface area contributed by atoms with Gasteiger partial charge >= 0.3 is 0 Å². The zero-order valence-corrected chi connectivity index (χ0v) is 8.39. The van der Waals surface area contributed by atoms with E-state index in [2.05, 4.69) is 6.92 Å². The highest BCUT2D eigenvalue weighted by molar-refractivity contribution is 4.79. The first kappa shape index (κ1) is 8.59. The Balaban J connectivity index is 1.99. The van der Waals surface area contributed by atoms with Crippen LogP contribution in [-0.4, -0.2) is 0 Å². The lowest BCUT2D eigenvalue weighted by molar-refractivity contribution is 0.186. The number of hydrogen-bond acceptors (Lipinski definition) is 0. The highest BCUT2D eigenvalue weighted by atomic mass is 14.3. The fraction of sp³-hybridized carbons (Fsp3) is 1.00. The normalized spacial score (nSPS) is 43.2. The van der Waals surface area contributed by atoms with Crippen molar-refractivity contribution < 1.29 is 0 Å². The van der Waals surface area contributed by atoms with E-state index < -0.39 is 0 Å². The van der Waals surface area contributed by atoms with Crippen molar-refractivity contribution in [2.75, 3.05) is 0 Å². The van der Waals surface area contributed by atoms with E-state index in [9.17, 15) is 0 Å². The monoisotopic (exact) mass is 166 g/mol. The van der Waals surface area contributed by atoms with Gasteiger partial charge in [-0.1, -0.05) is 45.4 Å². The molecule has 12 heavy (non-hydrogen) atoms. The molecule has 0 amide bonds. The first-order valence-electron chi connectivity index (χ1n) is 5.86. The van der Waals surface area contributed by atoms with E-state index in [-0.39, 0.29) is 0 Å². The molecule has 3 fully saturated rings. The van der Waals surface area contributed by atoms with Crippen LogP contribution in [0.5, 0.6) is 0 Å². The molecule has 3 unspecified atom stereocenters. The van der Waals surface area contributed by atoms with E-state index in [1.54, 1.807) is 19.3 Å². The Labute approximate surface area is 76.7 Å². The van der Waals surface area contributed by atoms with Crippen LogP contribution < -0.4 is 0 Å². The van der Waals surface area contributed by atoms with Crippen LogP contribution in [0.1, 0.15) is 58.3 Å². The summed E-state index contributed by atoms with van der Waals surface area (Å²) in [7, 11) is 0. The lowest BCUT2D eigenvalue weighted by Crippen LogP contribution is -2.21. The summed E-state index contributed by atoms with van der Waals surface area (Å²) in [4.78, 5) is 0. The third-order valence-electron chi connectivity index (χ3n) is 4.14. The van der Waals surface area contributed by atoms with Gasteiger partial charge in [0.25, 0.3) is 0 Å². The zero-order valence-electron chi connectivity index (χ0n) is 8.39. The van der Waals surface area contributed by atoms with Crippen molar-refractivity contribution in [2.45, 2.75) is 58.3 Å². The predicted molar refractivity (Wildman–Crippen MR) is 53.1 cm³/mol. The predicted octanol–water partition coefficient (Wildman–Crippen LogP) is 4.00. The fourth-order valence-electron chi connectivity index (χ4n) is 3.28. The molecule has 3 rings (SSSR count). The van der Waals surface area contributed by atoms with Gasteiger partial charge in [-0.2, -0.15) is 0 Å². The lowest BCUT2D eigenvalue weighted by Gasteiger charge is -2.33. The average molecular weight is 166 g/mol. The second-order valence-electron chi connectivity index (χ2n) is 5.05. The average Bonchev–Trinajstić information content (AvgIpc) is 2.21. The maximum absolute atomic E-state index is 2.49. The Kier molecular flexibility index (Phi) is 2.73. The van der Waals surface area contributed by atoms with Crippen LogP contribution in [0.2, 0.25) is 0 Å². The highest BCUT2D eigenvalue weighted by Crippen LogP contribution is 2.40. The molecule has 0 aromatic heterocycles. The van der Waals surface area contributed by atoms with Crippen molar-refractivity contribution in [3.8, 4) is 0 Å². The van der Waals surface area contributed by atoms with Gasteiger partial charge in [0.15, 0.2) is 0 Å². The smallest absolute Gasteiger partial charge is 0.0388 e. The molecule has 0 heteroatoms. The Morgan fingerprint density at radius 3 is 2.50 bits per heavy atom. The molecule has 0 spiro atoms. The summed E-state index contributed by atoms with van der Waals surface area (Å²) in [5, 5.41) is 0. The SMILES string of the molecule is CC1CC2CCCCCC1CC2. The summed E-state index contributed by atoms with van der Waals surface area (Å²) >= 11 is 0. The second-order valence-corrected chi connectivity index (χ2v) is 5.05. The van der Waals surface area contributed by atoms with E-state index in [0.29, 0.717) is 0 Å². The van der Waals surface area contributed by atoms with Crippen LogP contribution in [0.4, 0.5) is 0 Å². The molecular weight excluding hydrogens is 144 g/mol. The summed E-state index contributed by atoms with van der Waals surface area (Å²) < 4.78 is 0. The van der Waals surface area contributed by atoms with Crippen LogP contribution in [-0.2, 0) is 0 Å². The number of hydrogen-bond donors (Lipinski definition) is 0. The van der Waals surface area contributed by atoms with Crippen LogP contribution in [0.15, 0.2) is 0 Å². The van der Waals surface area contributed by atoms with E-state index in [1.807, 2.05) is 0 Å². The van der Waals surface area contributed by atoms with E-state index in [0.717, 1.165) is 17.8 Å². The van der Waals surface area contributed by atoms with Gasteiger partial charge in [0.1, 0.15) is 0 Å². The standard InChI is InChI=1S/C12H22/c1-10-9-11-5-3-2-4-6-12(10)8-7-11/h10-12H,2-9H2,1H3. The van der Waals surface area contributed by atoms with Crippen LogP contribution in [0, 0.1) is 17.8 Å². The number of fused-ring (bicyclic) bond motifs is 6. The topological polar surface area (TPSA) is 0 Å². The van der Waals surface area contributed by atoms with Crippen LogP contribution in [0.3, 0.4) is 0 Å². The molecular formula is C12H22. The minimum atomic E-state index is 1.04. The van der Waals surface area contributed by atoms with Gasteiger partial charge in [0, 0.05) is 0 Å². The molecule has 3 aliphatic carbocycles. The molecule has 70 valence electrons. The van der Waals surface area contributed by atoms with Crippen molar-refractivity contribution >= 4 is 0 Å². The molecule has 0 aromatic carbocycles. The summed E-state index contributed by atoms with van der Waals surface area (Å²) in [6, 6.07) is 0. The van der Waals surface area contributed by atoms with Gasteiger partial charge in [-0.15, -0.1) is 0 Å². The Hall–Kier alpha value is 0. The molecule has 0 nitrogen and oxygen atoms in total. The molecule has 0 aliphatic heterocycles. The largest absolute Gasteiger partial charge is 0.0622 e. The fourth-order valence-corrected chi connectivity index (χ4v) is 3.28. The molecule has 0 saturated heterocycles. The van der Waals surface area contributed by atoms with Crippen molar-refractivity contribution in [1.82, 2.24) is 0 Å². The van der Waals surface area contributed by atoms with Gasteiger partial charge in [0.2, 0.25) is 0 Å². The summed E-state index contributed by atoms with van der Waals surface area (Å²) in [6.07, 6.45) is 12.3. The minimum Gasteiger partial charge on any atom is -0.0622 e. The van der Waals surface area contributed by atoms with Crippen molar-refractivity contribution in [3.63, 3.8) is 0 Å². The molecule has 3 aliphatic rings. The Morgan fingerprint density at radius 1 is 0.833 bits per heavy atom. The number of rotatable bonds is 0. The van der Waals surface area contributed by atoms with E-state index >= 15 is 0 Å². The summed E-state index contributed by atoms with van der Waals surface area (Å²) in [5.74, 6) is 3.25. The van der Waals surface area contributed by atoms with Crippen molar-refractivity contribution in [1.29, 1.82) is 0 Å². The van der Waals surface area contributed by atoms with Crippen LogP contribution >= 0.6 is 0 Å². The summed E-state index contributed by atoms with van der Waals surface area (Å²) in [5.41, 5.74) is 0. The zero-order chi connectivity index (χ0) is 8.39. The van der Waals surface area contributed by atoms with Gasteiger partial charge in [-0.25, -0.2) is 0 Å². The third kappa shape index (κ3) is 1.84. The quantitative estimate of drug-likeness (QED) is 0.510. The van der Waals surface area contributed by atoms with Crippen LogP contribution in [0.25, 0.3) is 0 Å². The van der Waals surface area contributed by atoms with Gasteiger partial charge in [0.05, 0.1) is 0 Å². The Morgan fingerprint density at radius 2 is 1.67 bits per heavy atom. The van der Waals surface area contributed by atoms with Gasteiger partial charge in [-0.3, -0.25) is 0 Å². The second kappa shape index (κ2) is 3.81. The van der Waals surface area contributed by atoms with Crippen molar-refractivity contribution in [3.05, 3.63) is 0 Å². The molecule has 0 radical (unpaired) electrons. The molecule has 3 atom stereocenters. The third-order valence-corrected chi connectivity index (χ3v) is 4.14. The van der Waals surface area contributed by atoms with E-state index in [4.69, 9.17) is 0 Å². The lowest BCUT2D eigenvalue weighted by atomic mass is 9.73. The minimum absolute atomic E-state index is 1.04. The first-order chi connectivity index (χ1) is 5.86. The first-order valence-corrected chi connectivity index (χ1v) is 5.86. The molecule has 0 N–H and O–H groups in total. The molecule has 3 saturated carbocycles. The summed E-state index contributed by atoms with van der Waals surface area (Å²) in [6.45, 7) is 2.49. The highest BCUT2D eigenvalue weighted by Gasteiger charge is 2.27. The van der Waals surface area contributed by atoms with Crippen molar-refractivity contribution in [2.24, 2.45) is 17.8 Å². The molecule has 2 bridgehead atoms. The molecule has 0 aromatic rings. The molecule has 0 heterocycles. The van der Waals surface area contributed by atoms with E-state index in [1.165, 1.54) is 32.1 Å².